The fraction of sp³-hybridized carbons (Fsp3) is 0.909. The third-order valence-corrected chi connectivity index (χ3v) is 12.3. The summed E-state index contributed by atoms with van der Waals surface area (Å²) in [7, 11) is 0. The van der Waals surface area contributed by atoms with Gasteiger partial charge >= 0.3 is 17.9 Å². The summed E-state index contributed by atoms with van der Waals surface area (Å²) in [6.07, 6.45) is 56.2. The average Bonchev–Trinajstić information content (AvgIpc) is 3.26. The van der Waals surface area contributed by atoms with Gasteiger partial charge in [-0.3, -0.25) is 14.4 Å². The fourth-order valence-electron chi connectivity index (χ4n) is 8.14. The standard InChI is InChI=1S/C55H104O6/c1-4-7-10-13-16-19-22-25-27-30-32-35-38-41-44-47-53(56)59-50-52(61-55(58)49-46-43-40-37-34-29-24-21-18-15-12-9-6-3)51-60-54(57)48-45-42-39-36-33-31-28-26-23-20-17-14-11-8-5-2/h19,22,52H,4-18,20-21,23-51H2,1-3H3/t52-/m0/s1. The van der Waals surface area contributed by atoms with Crippen LogP contribution in [0.25, 0.3) is 0 Å². The molecule has 6 heteroatoms. The molecule has 0 aliphatic rings. The van der Waals surface area contributed by atoms with Crippen LogP contribution in [-0.2, 0) is 28.6 Å². The largest absolute Gasteiger partial charge is 0.462 e. The molecule has 6 nitrogen and oxygen atoms in total. The second kappa shape index (κ2) is 50.8. The third-order valence-electron chi connectivity index (χ3n) is 12.3. The molecule has 0 aromatic heterocycles. The van der Waals surface area contributed by atoms with Crippen LogP contribution in [0.3, 0.4) is 0 Å². The molecule has 0 aromatic carbocycles. The molecule has 1 atom stereocenters. The lowest BCUT2D eigenvalue weighted by Gasteiger charge is -2.18. The Morgan fingerprint density at radius 2 is 0.541 bits per heavy atom. The number of unbranched alkanes of at least 4 members (excludes halogenated alkanes) is 37. The third kappa shape index (κ3) is 49.0. The lowest BCUT2D eigenvalue weighted by molar-refractivity contribution is -0.167. The van der Waals surface area contributed by atoms with E-state index in [4.69, 9.17) is 14.2 Å². The number of hydrogen-bond donors (Lipinski definition) is 0. The van der Waals surface area contributed by atoms with Crippen molar-refractivity contribution in [1.82, 2.24) is 0 Å². The van der Waals surface area contributed by atoms with E-state index in [2.05, 4.69) is 32.9 Å². The highest BCUT2D eigenvalue weighted by Gasteiger charge is 2.19. The van der Waals surface area contributed by atoms with Gasteiger partial charge in [0.05, 0.1) is 0 Å². The summed E-state index contributed by atoms with van der Waals surface area (Å²) in [5, 5.41) is 0. The Kier molecular flexibility index (Phi) is 49.3. The topological polar surface area (TPSA) is 78.9 Å². The predicted molar refractivity (Wildman–Crippen MR) is 261 cm³/mol. The van der Waals surface area contributed by atoms with Crippen molar-refractivity contribution in [3.63, 3.8) is 0 Å². The Balaban J connectivity index is 4.32. The van der Waals surface area contributed by atoms with Crippen LogP contribution in [0, 0.1) is 0 Å². The van der Waals surface area contributed by atoms with Crippen molar-refractivity contribution in [3.05, 3.63) is 12.2 Å². The number of allylic oxidation sites excluding steroid dienone is 2. The van der Waals surface area contributed by atoms with Crippen LogP contribution < -0.4 is 0 Å². The fourth-order valence-corrected chi connectivity index (χ4v) is 8.14. The van der Waals surface area contributed by atoms with Crippen LogP contribution in [0.15, 0.2) is 12.2 Å². The summed E-state index contributed by atoms with van der Waals surface area (Å²) in [5.74, 6) is -0.850. The molecule has 0 N–H and O–H groups in total. The summed E-state index contributed by atoms with van der Waals surface area (Å²) in [6, 6.07) is 0. The van der Waals surface area contributed by atoms with Crippen LogP contribution >= 0.6 is 0 Å². The van der Waals surface area contributed by atoms with Crippen molar-refractivity contribution < 1.29 is 28.6 Å². The van der Waals surface area contributed by atoms with Crippen molar-refractivity contribution in [2.24, 2.45) is 0 Å². The quantitative estimate of drug-likeness (QED) is 0.0262. The minimum Gasteiger partial charge on any atom is -0.462 e. The molecule has 0 radical (unpaired) electrons. The van der Waals surface area contributed by atoms with E-state index >= 15 is 0 Å². The van der Waals surface area contributed by atoms with E-state index < -0.39 is 6.10 Å². The molecule has 0 spiro atoms. The van der Waals surface area contributed by atoms with E-state index in [1.54, 1.807) is 0 Å². The molecule has 0 fully saturated rings. The molecule has 0 unspecified atom stereocenters. The molecule has 0 rings (SSSR count). The Bertz CT molecular complexity index is 947. The maximum Gasteiger partial charge on any atom is 0.306 e. The summed E-state index contributed by atoms with van der Waals surface area (Å²) < 4.78 is 16.8. The molecule has 0 amide bonds. The smallest absolute Gasteiger partial charge is 0.306 e. The van der Waals surface area contributed by atoms with E-state index in [1.807, 2.05) is 0 Å². The molecule has 61 heavy (non-hydrogen) atoms. The van der Waals surface area contributed by atoms with Gasteiger partial charge in [0.25, 0.3) is 0 Å². The van der Waals surface area contributed by atoms with Crippen molar-refractivity contribution >= 4 is 17.9 Å². The Labute approximate surface area is 380 Å². The van der Waals surface area contributed by atoms with Gasteiger partial charge in [-0.1, -0.05) is 251 Å². The highest BCUT2D eigenvalue weighted by atomic mass is 16.6. The molecule has 0 aromatic rings. The van der Waals surface area contributed by atoms with E-state index in [-0.39, 0.29) is 31.1 Å². The number of rotatable bonds is 50. The van der Waals surface area contributed by atoms with Gasteiger partial charge in [-0.2, -0.15) is 0 Å². The number of ether oxygens (including phenoxy) is 3. The summed E-state index contributed by atoms with van der Waals surface area (Å²) in [6.45, 7) is 6.67. The zero-order valence-corrected chi connectivity index (χ0v) is 41.2. The van der Waals surface area contributed by atoms with Gasteiger partial charge < -0.3 is 14.2 Å². The molecule has 0 saturated carbocycles. The molecule has 360 valence electrons. The van der Waals surface area contributed by atoms with Gasteiger partial charge in [-0.25, -0.2) is 0 Å². The number of esters is 3. The molecular formula is C55H104O6. The van der Waals surface area contributed by atoms with Crippen LogP contribution in [0.1, 0.15) is 303 Å². The highest BCUT2D eigenvalue weighted by Crippen LogP contribution is 2.17. The minimum absolute atomic E-state index is 0.0655. The van der Waals surface area contributed by atoms with Crippen LogP contribution in [0.4, 0.5) is 0 Å². The maximum atomic E-state index is 12.8. The van der Waals surface area contributed by atoms with Crippen LogP contribution in [-0.4, -0.2) is 37.2 Å². The predicted octanol–water partition coefficient (Wildman–Crippen LogP) is 17.8. The lowest BCUT2D eigenvalue weighted by Crippen LogP contribution is -2.30. The molecular weight excluding hydrogens is 757 g/mol. The van der Waals surface area contributed by atoms with E-state index in [1.165, 1.54) is 205 Å². The van der Waals surface area contributed by atoms with Gasteiger partial charge in [-0.05, 0) is 44.9 Å². The molecule has 0 aliphatic carbocycles. The van der Waals surface area contributed by atoms with Gasteiger partial charge in [0.1, 0.15) is 13.2 Å². The van der Waals surface area contributed by atoms with Gasteiger partial charge in [0.15, 0.2) is 6.10 Å². The number of carbonyl (C=O) groups is 3. The van der Waals surface area contributed by atoms with Crippen molar-refractivity contribution in [2.75, 3.05) is 13.2 Å². The first kappa shape index (κ1) is 59.1. The Hall–Kier alpha value is -1.85. The molecule has 0 saturated heterocycles. The maximum absolute atomic E-state index is 12.8. The summed E-state index contributed by atoms with van der Waals surface area (Å²) >= 11 is 0. The second-order valence-electron chi connectivity index (χ2n) is 18.5. The Morgan fingerprint density at radius 3 is 0.836 bits per heavy atom. The summed E-state index contributed by atoms with van der Waals surface area (Å²) in [4.78, 5) is 38.0. The number of hydrogen-bond acceptors (Lipinski definition) is 6. The van der Waals surface area contributed by atoms with E-state index in [0.29, 0.717) is 19.3 Å². The first-order valence-electron chi connectivity index (χ1n) is 27.2. The molecule has 0 heterocycles. The zero-order valence-electron chi connectivity index (χ0n) is 41.2. The average molecular weight is 861 g/mol. The minimum atomic E-state index is -0.765. The van der Waals surface area contributed by atoms with Gasteiger partial charge in [-0.15, -0.1) is 0 Å². The number of carbonyl (C=O) groups excluding carboxylic acids is 3. The summed E-state index contributed by atoms with van der Waals surface area (Å²) in [5.41, 5.74) is 0. The SMILES string of the molecule is CCCCCCC=CCCCCCCCCCC(=O)OC[C@@H](COC(=O)CCCCCCCCCCCCCCCCC)OC(=O)CCCCCCCCCCCCCCC. The van der Waals surface area contributed by atoms with Gasteiger partial charge in [0.2, 0.25) is 0 Å². The van der Waals surface area contributed by atoms with Crippen LogP contribution in [0.5, 0.6) is 0 Å². The zero-order chi connectivity index (χ0) is 44.4. The Morgan fingerprint density at radius 1 is 0.311 bits per heavy atom. The van der Waals surface area contributed by atoms with Crippen molar-refractivity contribution in [2.45, 2.75) is 309 Å². The lowest BCUT2D eigenvalue weighted by atomic mass is 10.0. The van der Waals surface area contributed by atoms with Gasteiger partial charge in [0, 0.05) is 19.3 Å². The normalized spacial score (nSPS) is 12.0. The van der Waals surface area contributed by atoms with Crippen molar-refractivity contribution in [1.29, 1.82) is 0 Å². The molecule has 0 bridgehead atoms. The van der Waals surface area contributed by atoms with E-state index in [9.17, 15) is 14.4 Å². The van der Waals surface area contributed by atoms with Crippen LogP contribution in [0.2, 0.25) is 0 Å². The first-order valence-corrected chi connectivity index (χ1v) is 27.2. The first-order chi connectivity index (χ1) is 30.0. The van der Waals surface area contributed by atoms with Crippen molar-refractivity contribution in [3.8, 4) is 0 Å². The van der Waals surface area contributed by atoms with E-state index in [0.717, 1.165) is 57.8 Å². The molecule has 0 aliphatic heterocycles. The second-order valence-corrected chi connectivity index (χ2v) is 18.5. The highest BCUT2D eigenvalue weighted by molar-refractivity contribution is 5.71. The monoisotopic (exact) mass is 861 g/mol.